The Hall–Kier alpha value is -0.0800. The summed E-state index contributed by atoms with van der Waals surface area (Å²) < 4.78 is 0. The zero-order chi connectivity index (χ0) is 6.91. The molecule has 0 saturated heterocycles. The lowest BCUT2D eigenvalue weighted by Gasteiger charge is -2.18. The van der Waals surface area contributed by atoms with Gasteiger partial charge in [0, 0.05) is 6.61 Å². The van der Waals surface area contributed by atoms with Crippen LogP contribution in [0.25, 0.3) is 0 Å². The maximum absolute atomic E-state index is 8.82. The molecule has 1 aliphatic carbocycles. The Balaban J connectivity index is 2.37. The molecular formula is C7H15NO. The fourth-order valence-electron chi connectivity index (χ4n) is 1.18. The number of aliphatic hydroxyl groups excluding tert-OH is 1. The highest BCUT2D eigenvalue weighted by molar-refractivity contribution is 4.94. The SMILES string of the molecule is CC1(C(CN)CO)CC1. The third-order valence-corrected chi connectivity index (χ3v) is 2.53. The molecule has 2 heteroatoms. The molecule has 3 N–H and O–H groups in total. The minimum Gasteiger partial charge on any atom is -0.396 e. The summed E-state index contributed by atoms with van der Waals surface area (Å²) in [6, 6.07) is 0. The Morgan fingerprint density at radius 2 is 2.22 bits per heavy atom. The topological polar surface area (TPSA) is 46.2 Å². The summed E-state index contributed by atoms with van der Waals surface area (Å²) in [7, 11) is 0. The summed E-state index contributed by atoms with van der Waals surface area (Å²) >= 11 is 0. The number of nitrogens with two attached hydrogens (primary N) is 1. The summed E-state index contributed by atoms with van der Waals surface area (Å²) in [4.78, 5) is 0. The van der Waals surface area contributed by atoms with Crippen molar-refractivity contribution in [2.45, 2.75) is 19.8 Å². The molecule has 0 aromatic rings. The molecule has 0 heterocycles. The van der Waals surface area contributed by atoms with Crippen LogP contribution >= 0.6 is 0 Å². The van der Waals surface area contributed by atoms with Crippen LogP contribution in [0.3, 0.4) is 0 Å². The highest BCUT2D eigenvalue weighted by Gasteiger charge is 2.43. The summed E-state index contributed by atoms with van der Waals surface area (Å²) in [6.45, 7) is 3.08. The third kappa shape index (κ3) is 1.25. The van der Waals surface area contributed by atoms with E-state index < -0.39 is 0 Å². The van der Waals surface area contributed by atoms with E-state index in [-0.39, 0.29) is 6.61 Å². The molecule has 0 spiro atoms. The molecule has 1 unspecified atom stereocenters. The first-order valence-corrected chi connectivity index (χ1v) is 3.54. The second kappa shape index (κ2) is 2.27. The van der Waals surface area contributed by atoms with E-state index in [2.05, 4.69) is 6.92 Å². The quantitative estimate of drug-likeness (QED) is 0.577. The van der Waals surface area contributed by atoms with E-state index in [1.807, 2.05) is 0 Å². The molecule has 1 aliphatic rings. The molecular weight excluding hydrogens is 114 g/mol. The van der Waals surface area contributed by atoms with Gasteiger partial charge in [-0.05, 0) is 30.7 Å². The minimum absolute atomic E-state index is 0.257. The van der Waals surface area contributed by atoms with Gasteiger partial charge in [-0.1, -0.05) is 6.92 Å². The van der Waals surface area contributed by atoms with Gasteiger partial charge in [0.05, 0.1) is 0 Å². The van der Waals surface area contributed by atoms with Crippen molar-refractivity contribution in [3.8, 4) is 0 Å². The van der Waals surface area contributed by atoms with E-state index in [0.29, 0.717) is 17.9 Å². The lowest BCUT2D eigenvalue weighted by atomic mass is 9.92. The molecule has 54 valence electrons. The van der Waals surface area contributed by atoms with E-state index in [9.17, 15) is 0 Å². The molecule has 2 nitrogen and oxygen atoms in total. The van der Waals surface area contributed by atoms with Crippen LogP contribution in [0.2, 0.25) is 0 Å². The monoisotopic (exact) mass is 129 g/mol. The van der Waals surface area contributed by atoms with Gasteiger partial charge in [0.2, 0.25) is 0 Å². The molecule has 1 atom stereocenters. The molecule has 0 aromatic carbocycles. The highest BCUT2D eigenvalue weighted by atomic mass is 16.3. The van der Waals surface area contributed by atoms with Gasteiger partial charge in [-0.25, -0.2) is 0 Å². The van der Waals surface area contributed by atoms with E-state index in [4.69, 9.17) is 10.8 Å². The van der Waals surface area contributed by atoms with Gasteiger partial charge in [0.1, 0.15) is 0 Å². The van der Waals surface area contributed by atoms with Crippen molar-refractivity contribution in [1.82, 2.24) is 0 Å². The van der Waals surface area contributed by atoms with Crippen molar-refractivity contribution in [2.75, 3.05) is 13.2 Å². The zero-order valence-electron chi connectivity index (χ0n) is 5.93. The normalized spacial score (nSPS) is 25.7. The maximum Gasteiger partial charge on any atom is 0.0476 e. The van der Waals surface area contributed by atoms with Crippen LogP contribution in [0.15, 0.2) is 0 Å². The Morgan fingerprint density at radius 3 is 2.33 bits per heavy atom. The molecule has 0 aromatic heterocycles. The summed E-state index contributed by atoms with van der Waals surface area (Å²) in [6.07, 6.45) is 2.49. The van der Waals surface area contributed by atoms with Gasteiger partial charge in [-0.15, -0.1) is 0 Å². The molecule has 0 aliphatic heterocycles. The van der Waals surface area contributed by atoms with E-state index in [0.717, 1.165) is 0 Å². The lowest BCUT2D eigenvalue weighted by Crippen LogP contribution is -2.25. The van der Waals surface area contributed by atoms with Crippen molar-refractivity contribution in [2.24, 2.45) is 17.1 Å². The first-order valence-electron chi connectivity index (χ1n) is 3.54. The van der Waals surface area contributed by atoms with Gasteiger partial charge in [0.25, 0.3) is 0 Å². The molecule has 1 saturated carbocycles. The third-order valence-electron chi connectivity index (χ3n) is 2.53. The number of aliphatic hydroxyl groups is 1. The average molecular weight is 129 g/mol. The summed E-state index contributed by atoms with van der Waals surface area (Å²) in [5.74, 6) is 0.345. The largest absolute Gasteiger partial charge is 0.396 e. The zero-order valence-corrected chi connectivity index (χ0v) is 5.93. The predicted molar refractivity (Wildman–Crippen MR) is 37.0 cm³/mol. The number of rotatable bonds is 3. The van der Waals surface area contributed by atoms with Crippen LogP contribution in [0, 0.1) is 11.3 Å². The minimum atomic E-state index is 0.257. The Kier molecular flexibility index (Phi) is 1.78. The van der Waals surface area contributed by atoms with Gasteiger partial charge in [-0.2, -0.15) is 0 Å². The molecule has 1 rings (SSSR count). The van der Waals surface area contributed by atoms with E-state index >= 15 is 0 Å². The van der Waals surface area contributed by atoms with Crippen molar-refractivity contribution in [3.05, 3.63) is 0 Å². The van der Waals surface area contributed by atoms with E-state index in [1.54, 1.807) is 0 Å². The average Bonchev–Trinajstić information content (AvgIpc) is 2.52. The lowest BCUT2D eigenvalue weighted by molar-refractivity contribution is 0.176. The summed E-state index contributed by atoms with van der Waals surface area (Å²) in [5, 5.41) is 8.82. The second-order valence-corrected chi connectivity index (χ2v) is 3.27. The number of hydrogen-bond acceptors (Lipinski definition) is 2. The van der Waals surface area contributed by atoms with Gasteiger partial charge < -0.3 is 10.8 Å². The second-order valence-electron chi connectivity index (χ2n) is 3.27. The van der Waals surface area contributed by atoms with Crippen LogP contribution in [-0.4, -0.2) is 18.3 Å². The Morgan fingerprint density at radius 1 is 1.67 bits per heavy atom. The molecule has 0 bridgehead atoms. The van der Waals surface area contributed by atoms with E-state index in [1.165, 1.54) is 12.8 Å². The van der Waals surface area contributed by atoms with Gasteiger partial charge in [0.15, 0.2) is 0 Å². The predicted octanol–water partition coefficient (Wildman–Crippen LogP) is 0.354. The van der Waals surface area contributed by atoms with Gasteiger partial charge >= 0.3 is 0 Å². The van der Waals surface area contributed by atoms with Crippen LogP contribution in [0.5, 0.6) is 0 Å². The molecule has 9 heavy (non-hydrogen) atoms. The number of hydrogen-bond donors (Lipinski definition) is 2. The van der Waals surface area contributed by atoms with Crippen LogP contribution < -0.4 is 5.73 Å². The maximum atomic E-state index is 8.82. The fourth-order valence-corrected chi connectivity index (χ4v) is 1.18. The Bertz CT molecular complexity index is 95.1. The van der Waals surface area contributed by atoms with Crippen LogP contribution in [0.1, 0.15) is 19.8 Å². The van der Waals surface area contributed by atoms with Crippen molar-refractivity contribution in [1.29, 1.82) is 0 Å². The van der Waals surface area contributed by atoms with Crippen molar-refractivity contribution in [3.63, 3.8) is 0 Å². The van der Waals surface area contributed by atoms with Crippen LogP contribution in [0.4, 0.5) is 0 Å². The molecule has 0 radical (unpaired) electrons. The fraction of sp³-hybridized carbons (Fsp3) is 1.00. The Labute approximate surface area is 56.1 Å². The van der Waals surface area contributed by atoms with Crippen molar-refractivity contribution < 1.29 is 5.11 Å². The molecule has 0 amide bonds. The standard InChI is InChI=1S/C7H15NO/c1-7(2-3-7)6(4-8)5-9/h6,9H,2-5,8H2,1H3. The highest BCUT2D eigenvalue weighted by Crippen LogP contribution is 2.50. The van der Waals surface area contributed by atoms with Crippen LogP contribution in [-0.2, 0) is 0 Å². The summed E-state index contributed by atoms with van der Waals surface area (Å²) in [5.41, 5.74) is 5.84. The first-order chi connectivity index (χ1) is 4.23. The smallest absolute Gasteiger partial charge is 0.0476 e. The van der Waals surface area contributed by atoms with Crippen molar-refractivity contribution >= 4 is 0 Å². The molecule has 1 fully saturated rings. The first kappa shape index (κ1) is 7.03. The van der Waals surface area contributed by atoms with Gasteiger partial charge in [-0.3, -0.25) is 0 Å².